The van der Waals surface area contributed by atoms with E-state index in [2.05, 4.69) is 44.1 Å². The van der Waals surface area contributed by atoms with Crippen LogP contribution in [0.2, 0.25) is 0 Å². The quantitative estimate of drug-likeness (QED) is 0.916. The SMILES string of the molecule is CN1CCCC1CC(=O)Nc1ccccc1C(C)(C)C. The van der Waals surface area contributed by atoms with E-state index in [9.17, 15) is 4.79 Å². The molecule has 0 aromatic heterocycles. The van der Waals surface area contributed by atoms with Gasteiger partial charge in [0.15, 0.2) is 0 Å². The van der Waals surface area contributed by atoms with Crippen LogP contribution < -0.4 is 5.32 Å². The van der Waals surface area contributed by atoms with E-state index >= 15 is 0 Å². The van der Waals surface area contributed by atoms with E-state index in [-0.39, 0.29) is 11.3 Å². The molecule has 1 aromatic rings. The maximum absolute atomic E-state index is 12.3. The van der Waals surface area contributed by atoms with Gasteiger partial charge in [-0.2, -0.15) is 0 Å². The number of hydrogen-bond acceptors (Lipinski definition) is 2. The Hall–Kier alpha value is -1.35. The zero-order valence-corrected chi connectivity index (χ0v) is 13.1. The molecule has 0 saturated carbocycles. The molecule has 3 heteroatoms. The average molecular weight is 274 g/mol. The van der Waals surface area contributed by atoms with Gasteiger partial charge in [0.25, 0.3) is 0 Å². The third kappa shape index (κ3) is 3.60. The number of carbonyl (C=O) groups is 1. The van der Waals surface area contributed by atoms with E-state index in [4.69, 9.17) is 0 Å². The third-order valence-electron chi connectivity index (χ3n) is 4.10. The molecule has 1 unspecified atom stereocenters. The van der Waals surface area contributed by atoms with E-state index in [0.29, 0.717) is 12.5 Å². The molecule has 110 valence electrons. The lowest BCUT2D eigenvalue weighted by atomic mass is 9.86. The average Bonchev–Trinajstić information content (AvgIpc) is 2.74. The van der Waals surface area contributed by atoms with Crippen molar-refractivity contribution in [2.45, 2.75) is 51.5 Å². The van der Waals surface area contributed by atoms with E-state index in [1.807, 2.05) is 18.2 Å². The number of amides is 1. The van der Waals surface area contributed by atoms with Gasteiger partial charge in [0.05, 0.1) is 0 Å². The number of hydrogen-bond donors (Lipinski definition) is 1. The molecule has 1 fully saturated rings. The number of rotatable bonds is 3. The van der Waals surface area contributed by atoms with Crippen molar-refractivity contribution in [3.8, 4) is 0 Å². The Morgan fingerprint density at radius 1 is 1.35 bits per heavy atom. The van der Waals surface area contributed by atoms with Gasteiger partial charge in [-0.15, -0.1) is 0 Å². The summed E-state index contributed by atoms with van der Waals surface area (Å²) in [6.07, 6.45) is 2.92. The van der Waals surface area contributed by atoms with Crippen molar-refractivity contribution in [3.63, 3.8) is 0 Å². The number of para-hydroxylation sites is 1. The van der Waals surface area contributed by atoms with Crippen molar-refractivity contribution in [3.05, 3.63) is 29.8 Å². The van der Waals surface area contributed by atoms with Gasteiger partial charge in [-0.05, 0) is 43.5 Å². The molecule has 0 spiro atoms. The molecule has 20 heavy (non-hydrogen) atoms. The van der Waals surface area contributed by atoms with Crippen molar-refractivity contribution in [2.24, 2.45) is 0 Å². The standard InChI is InChI=1S/C17H26N2O/c1-17(2,3)14-9-5-6-10-15(14)18-16(20)12-13-8-7-11-19(13)4/h5-6,9-10,13H,7-8,11-12H2,1-4H3,(H,18,20). The van der Waals surface area contributed by atoms with E-state index in [1.165, 1.54) is 12.0 Å². The van der Waals surface area contributed by atoms with Crippen LogP contribution in [0.15, 0.2) is 24.3 Å². The first-order valence-electron chi connectivity index (χ1n) is 7.47. The van der Waals surface area contributed by atoms with Gasteiger partial charge in [0, 0.05) is 18.2 Å². The van der Waals surface area contributed by atoms with Crippen molar-refractivity contribution in [2.75, 3.05) is 18.9 Å². The zero-order valence-electron chi connectivity index (χ0n) is 13.1. The minimum Gasteiger partial charge on any atom is -0.326 e. The topological polar surface area (TPSA) is 32.3 Å². The Labute approximate surface area is 122 Å². The minimum absolute atomic E-state index is 0.0357. The molecular formula is C17H26N2O. The predicted molar refractivity (Wildman–Crippen MR) is 84.0 cm³/mol. The first kappa shape index (κ1) is 15.0. The largest absolute Gasteiger partial charge is 0.326 e. The second kappa shape index (κ2) is 5.96. The van der Waals surface area contributed by atoms with Gasteiger partial charge in [-0.1, -0.05) is 39.0 Å². The van der Waals surface area contributed by atoms with E-state index < -0.39 is 0 Å². The zero-order chi connectivity index (χ0) is 14.8. The van der Waals surface area contributed by atoms with Crippen LogP contribution in [-0.4, -0.2) is 30.4 Å². The predicted octanol–water partition coefficient (Wildman–Crippen LogP) is 3.41. The molecule has 1 atom stereocenters. The Morgan fingerprint density at radius 3 is 2.65 bits per heavy atom. The van der Waals surface area contributed by atoms with Crippen LogP contribution >= 0.6 is 0 Å². The second-order valence-electron chi connectivity index (χ2n) is 6.82. The summed E-state index contributed by atoms with van der Waals surface area (Å²) in [5, 5.41) is 3.10. The van der Waals surface area contributed by atoms with Crippen LogP contribution in [0.4, 0.5) is 5.69 Å². The molecular weight excluding hydrogens is 248 g/mol. The Bertz CT molecular complexity index is 476. The molecule has 3 nitrogen and oxygen atoms in total. The fourth-order valence-electron chi connectivity index (χ4n) is 2.90. The summed E-state index contributed by atoms with van der Waals surface area (Å²) in [5.74, 6) is 0.125. The summed E-state index contributed by atoms with van der Waals surface area (Å²) in [5.41, 5.74) is 2.17. The summed E-state index contributed by atoms with van der Waals surface area (Å²) in [6, 6.07) is 8.50. The second-order valence-corrected chi connectivity index (χ2v) is 6.82. The first-order valence-corrected chi connectivity index (χ1v) is 7.47. The lowest BCUT2D eigenvalue weighted by molar-refractivity contribution is -0.117. The maximum atomic E-state index is 12.3. The van der Waals surface area contributed by atoms with Gasteiger partial charge in [0.1, 0.15) is 0 Å². The van der Waals surface area contributed by atoms with Gasteiger partial charge in [0.2, 0.25) is 5.91 Å². The summed E-state index contributed by atoms with van der Waals surface area (Å²) in [7, 11) is 2.11. The highest BCUT2D eigenvalue weighted by atomic mass is 16.1. The molecule has 1 aliphatic rings. The van der Waals surface area contributed by atoms with E-state index in [0.717, 1.165) is 18.7 Å². The highest BCUT2D eigenvalue weighted by Crippen LogP contribution is 2.29. The molecule has 0 bridgehead atoms. The normalized spacial score (nSPS) is 20.1. The molecule has 1 aromatic carbocycles. The number of nitrogens with zero attached hydrogens (tertiary/aromatic N) is 1. The van der Waals surface area contributed by atoms with Gasteiger partial charge in [-0.3, -0.25) is 4.79 Å². The van der Waals surface area contributed by atoms with Crippen LogP contribution in [0.3, 0.4) is 0 Å². The summed E-state index contributed by atoms with van der Waals surface area (Å²) < 4.78 is 0. The molecule has 1 N–H and O–H groups in total. The van der Waals surface area contributed by atoms with Gasteiger partial charge in [-0.25, -0.2) is 0 Å². The third-order valence-corrected chi connectivity index (χ3v) is 4.10. The van der Waals surface area contributed by atoms with Gasteiger partial charge < -0.3 is 10.2 Å². The molecule has 1 saturated heterocycles. The van der Waals surface area contributed by atoms with Crippen molar-refractivity contribution in [1.82, 2.24) is 4.90 Å². The number of carbonyl (C=O) groups excluding carboxylic acids is 1. The molecule has 0 radical (unpaired) electrons. The first-order chi connectivity index (χ1) is 9.38. The summed E-state index contributed by atoms with van der Waals surface area (Å²) in [6.45, 7) is 7.62. The maximum Gasteiger partial charge on any atom is 0.225 e. The Kier molecular flexibility index (Phi) is 4.48. The van der Waals surface area contributed by atoms with Crippen molar-refractivity contribution >= 4 is 11.6 Å². The monoisotopic (exact) mass is 274 g/mol. The number of likely N-dealkylation sites (tertiary alicyclic amines) is 1. The van der Waals surface area contributed by atoms with Crippen LogP contribution in [0.5, 0.6) is 0 Å². The van der Waals surface area contributed by atoms with Crippen LogP contribution in [0.25, 0.3) is 0 Å². The number of anilines is 1. The van der Waals surface area contributed by atoms with Crippen molar-refractivity contribution in [1.29, 1.82) is 0 Å². The molecule has 1 aliphatic heterocycles. The highest BCUT2D eigenvalue weighted by Gasteiger charge is 2.24. The van der Waals surface area contributed by atoms with Crippen LogP contribution in [-0.2, 0) is 10.2 Å². The molecule has 1 heterocycles. The number of benzene rings is 1. The van der Waals surface area contributed by atoms with E-state index in [1.54, 1.807) is 0 Å². The van der Waals surface area contributed by atoms with Crippen LogP contribution in [0.1, 0.15) is 45.6 Å². The molecule has 1 amide bonds. The van der Waals surface area contributed by atoms with Crippen LogP contribution in [0, 0.1) is 0 Å². The fraction of sp³-hybridized carbons (Fsp3) is 0.588. The highest BCUT2D eigenvalue weighted by molar-refractivity contribution is 5.92. The smallest absolute Gasteiger partial charge is 0.225 e. The summed E-state index contributed by atoms with van der Waals surface area (Å²) >= 11 is 0. The minimum atomic E-state index is 0.0357. The Morgan fingerprint density at radius 2 is 2.05 bits per heavy atom. The summed E-state index contributed by atoms with van der Waals surface area (Å²) in [4.78, 5) is 14.5. The lowest BCUT2D eigenvalue weighted by Crippen LogP contribution is -2.30. The molecule has 0 aliphatic carbocycles. The number of nitrogens with one attached hydrogen (secondary N) is 1. The molecule has 2 rings (SSSR count). The van der Waals surface area contributed by atoms with Crippen molar-refractivity contribution < 1.29 is 4.79 Å². The van der Waals surface area contributed by atoms with Gasteiger partial charge >= 0.3 is 0 Å². The Balaban J connectivity index is 2.04. The fourth-order valence-corrected chi connectivity index (χ4v) is 2.90. The lowest BCUT2D eigenvalue weighted by Gasteiger charge is -2.24.